The number of amides is 1. The summed E-state index contributed by atoms with van der Waals surface area (Å²) in [5.74, 6) is 1.64. The minimum atomic E-state index is -0.0778. The summed E-state index contributed by atoms with van der Waals surface area (Å²) in [5, 5.41) is 6.18. The zero-order valence-corrected chi connectivity index (χ0v) is 13.9. The van der Waals surface area contributed by atoms with Crippen molar-refractivity contribution < 1.29 is 14.3 Å². The molecule has 5 nitrogen and oxygen atoms in total. The Labute approximate surface area is 138 Å². The Morgan fingerprint density at radius 3 is 2.59 bits per heavy atom. The second-order valence-electron chi connectivity index (χ2n) is 5.35. The van der Waals surface area contributed by atoms with Crippen LogP contribution in [0.2, 0.25) is 0 Å². The van der Waals surface area contributed by atoms with Crippen LogP contribution in [0.15, 0.2) is 24.3 Å². The van der Waals surface area contributed by atoms with E-state index >= 15 is 0 Å². The van der Waals surface area contributed by atoms with E-state index in [0.29, 0.717) is 6.54 Å². The van der Waals surface area contributed by atoms with Gasteiger partial charge in [0.15, 0.2) is 0 Å². The van der Waals surface area contributed by atoms with Crippen molar-refractivity contribution in [1.29, 1.82) is 0 Å². The molecule has 0 aliphatic carbocycles. The Hall–Kier alpha value is -1.46. The number of halogens is 1. The number of hydrogen-bond donors (Lipinski definition) is 2. The number of carbonyl (C=O) groups is 1. The molecule has 2 atom stereocenters. The summed E-state index contributed by atoms with van der Waals surface area (Å²) in [5.41, 5.74) is 0. The van der Waals surface area contributed by atoms with Crippen molar-refractivity contribution in [2.75, 3.05) is 20.2 Å². The quantitative estimate of drug-likeness (QED) is 0.840. The second-order valence-corrected chi connectivity index (χ2v) is 5.35. The number of methoxy groups -OCH3 is 1. The van der Waals surface area contributed by atoms with Crippen molar-refractivity contribution in [3.63, 3.8) is 0 Å². The Morgan fingerprint density at radius 2 is 2.00 bits per heavy atom. The predicted octanol–water partition coefficient (Wildman–Crippen LogP) is 2.14. The summed E-state index contributed by atoms with van der Waals surface area (Å²) in [6.07, 6.45) is 3.11. The van der Waals surface area contributed by atoms with Gasteiger partial charge >= 0.3 is 0 Å². The van der Waals surface area contributed by atoms with E-state index in [1.807, 2.05) is 31.2 Å². The lowest BCUT2D eigenvalue weighted by molar-refractivity contribution is -0.124. The van der Waals surface area contributed by atoms with Crippen LogP contribution in [0.5, 0.6) is 11.5 Å². The third-order valence-corrected chi connectivity index (χ3v) is 3.59. The largest absolute Gasteiger partial charge is 0.497 e. The summed E-state index contributed by atoms with van der Waals surface area (Å²) in [6.45, 7) is 3.37. The van der Waals surface area contributed by atoms with Crippen LogP contribution in [0.1, 0.15) is 26.2 Å². The Kier molecular flexibility index (Phi) is 8.06. The van der Waals surface area contributed by atoms with E-state index in [0.717, 1.165) is 37.3 Å². The van der Waals surface area contributed by atoms with Crippen LogP contribution in [0, 0.1) is 0 Å². The highest BCUT2D eigenvalue weighted by molar-refractivity contribution is 5.85. The molecule has 1 aromatic carbocycles. The number of carbonyl (C=O) groups excluding carboxylic acids is 1. The zero-order chi connectivity index (χ0) is 15.1. The maximum atomic E-state index is 12.0. The van der Waals surface area contributed by atoms with E-state index in [4.69, 9.17) is 9.47 Å². The molecule has 2 N–H and O–H groups in total. The molecule has 1 heterocycles. The number of rotatable bonds is 6. The standard InChI is InChI=1S/C16H24N2O3.ClH/c1-12(21-14-8-6-13(20-2)7-9-14)11-18-16(19)15-5-3-4-10-17-15;/h6-9,12,15,17H,3-5,10-11H2,1-2H3,(H,18,19);1H. The van der Waals surface area contributed by atoms with E-state index in [-0.39, 0.29) is 30.5 Å². The summed E-state index contributed by atoms with van der Waals surface area (Å²) in [6, 6.07) is 7.38. The van der Waals surface area contributed by atoms with Crippen molar-refractivity contribution in [1.82, 2.24) is 10.6 Å². The highest BCUT2D eigenvalue weighted by atomic mass is 35.5. The van der Waals surface area contributed by atoms with Gasteiger partial charge in [-0.15, -0.1) is 12.4 Å². The summed E-state index contributed by atoms with van der Waals surface area (Å²) >= 11 is 0. The minimum Gasteiger partial charge on any atom is -0.497 e. The second kappa shape index (κ2) is 9.54. The van der Waals surface area contributed by atoms with Crippen LogP contribution in [-0.2, 0) is 4.79 Å². The molecule has 0 bridgehead atoms. The van der Waals surface area contributed by atoms with Crippen molar-refractivity contribution in [3.8, 4) is 11.5 Å². The van der Waals surface area contributed by atoms with Gasteiger partial charge in [0.05, 0.1) is 19.7 Å². The third-order valence-electron chi connectivity index (χ3n) is 3.59. The van der Waals surface area contributed by atoms with Crippen LogP contribution in [0.4, 0.5) is 0 Å². The highest BCUT2D eigenvalue weighted by Gasteiger charge is 2.20. The average molecular weight is 329 g/mol. The van der Waals surface area contributed by atoms with Crippen molar-refractivity contribution in [2.45, 2.75) is 38.3 Å². The molecular weight excluding hydrogens is 304 g/mol. The Balaban J connectivity index is 0.00000242. The summed E-state index contributed by atoms with van der Waals surface area (Å²) in [7, 11) is 1.63. The Morgan fingerprint density at radius 1 is 1.32 bits per heavy atom. The molecule has 2 rings (SSSR count). The molecule has 0 saturated carbocycles. The molecule has 1 aromatic rings. The van der Waals surface area contributed by atoms with Crippen LogP contribution >= 0.6 is 12.4 Å². The first kappa shape index (κ1) is 18.6. The fourth-order valence-corrected chi connectivity index (χ4v) is 2.37. The van der Waals surface area contributed by atoms with Gasteiger partial charge in [0.1, 0.15) is 17.6 Å². The highest BCUT2D eigenvalue weighted by Crippen LogP contribution is 2.18. The molecule has 0 aromatic heterocycles. The van der Waals surface area contributed by atoms with Crippen LogP contribution in [0.3, 0.4) is 0 Å². The van der Waals surface area contributed by atoms with Gasteiger partial charge in [-0.25, -0.2) is 0 Å². The molecule has 22 heavy (non-hydrogen) atoms. The van der Waals surface area contributed by atoms with Crippen molar-refractivity contribution in [2.24, 2.45) is 0 Å². The molecule has 2 unspecified atom stereocenters. The molecule has 1 aliphatic rings. The number of nitrogens with one attached hydrogen (secondary N) is 2. The van der Waals surface area contributed by atoms with Crippen molar-refractivity contribution >= 4 is 18.3 Å². The van der Waals surface area contributed by atoms with Gasteiger partial charge in [0.25, 0.3) is 0 Å². The van der Waals surface area contributed by atoms with Gasteiger partial charge in [-0.05, 0) is 50.6 Å². The normalized spacial score (nSPS) is 18.7. The SMILES string of the molecule is COc1ccc(OC(C)CNC(=O)C2CCCCN2)cc1.Cl. The summed E-state index contributed by atoms with van der Waals surface area (Å²) in [4.78, 5) is 12.0. The minimum absolute atomic E-state index is 0. The first-order valence-electron chi connectivity index (χ1n) is 7.51. The van der Waals surface area contributed by atoms with E-state index in [2.05, 4.69) is 10.6 Å². The van der Waals surface area contributed by atoms with Gasteiger partial charge in [-0.1, -0.05) is 6.42 Å². The van der Waals surface area contributed by atoms with E-state index in [1.54, 1.807) is 7.11 Å². The van der Waals surface area contributed by atoms with Crippen molar-refractivity contribution in [3.05, 3.63) is 24.3 Å². The topological polar surface area (TPSA) is 59.6 Å². The molecule has 124 valence electrons. The van der Waals surface area contributed by atoms with Crippen LogP contribution < -0.4 is 20.1 Å². The average Bonchev–Trinajstić information content (AvgIpc) is 2.54. The van der Waals surface area contributed by atoms with Crippen LogP contribution in [-0.4, -0.2) is 38.3 Å². The monoisotopic (exact) mass is 328 g/mol. The van der Waals surface area contributed by atoms with Gasteiger partial charge in [-0.3, -0.25) is 4.79 Å². The number of hydrogen-bond acceptors (Lipinski definition) is 4. The van der Waals surface area contributed by atoms with E-state index < -0.39 is 0 Å². The lowest BCUT2D eigenvalue weighted by atomic mass is 10.0. The van der Waals surface area contributed by atoms with E-state index in [1.165, 1.54) is 0 Å². The Bertz CT molecular complexity index is 447. The maximum Gasteiger partial charge on any atom is 0.237 e. The first-order valence-corrected chi connectivity index (χ1v) is 7.51. The number of piperidine rings is 1. The van der Waals surface area contributed by atoms with Crippen LogP contribution in [0.25, 0.3) is 0 Å². The van der Waals surface area contributed by atoms with Gasteiger partial charge < -0.3 is 20.1 Å². The molecule has 0 radical (unpaired) electrons. The number of ether oxygens (including phenoxy) is 2. The fraction of sp³-hybridized carbons (Fsp3) is 0.562. The molecular formula is C16H25ClN2O3. The lowest BCUT2D eigenvalue weighted by Crippen LogP contribution is -2.48. The zero-order valence-electron chi connectivity index (χ0n) is 13.1. The molecule has 1 saturated heterocycles. The fourth-order valence-electron chi connectivity index (χ4n) is 2.37. The molecule has 1 fully saturated rings. The van der Waals surface area contributed by atoms with Gasteiger partial charge in [0.2, 0.25) is 5.91 Å². The maximum absolute atomic E-state index is 12.0. The van der Waals surface area contributed by atoms with Gasteiger partial charge in [-0.2, -0.15) is 0 Å². The summed E-state index contributed by atoms with van der Waals surface area (Å²) < 4.78 is 10.9. The predicted molar refractivity (Wildman–Crippen MR) is 89.0 cm³/mol. The van der Waals surface area contributed by atoms with Gasteiger partial charge in [0, 0.05) is 0 Å². The molecule has 1 amide bonds. The lowest BCUT2D eigenvalue weighted by Gasteiger charge is -2.23. The molecule has 0 spiro atoms. The smallest absolute Gasteiger partial charge is 0.237 e. The molecule has 1 aliphatic heterocycles. The molecule has 6 heteroatoms. The third kappa shape index (κ3) is 5.73. The number of benzene rings is 1. The van der Waals surface area contributed by atoms with E-state index in [9.17, 15) is 4.79 Å². The first-order chi connectivity index (χ1) is 10.2.